The van der Waals surface area contributed by atoms with E-state index >= 15 is 0 Å². The largest absolute Gasteiger partial charge is 0.618 e. The molecule has 49 heavy (non-hydrogen) atoms. The van der Waals surface area contributed by atoms with Crippen LogP contribution in [0.1, 0.15) is 93.7 Å². The maximum atomic E-state index is 12.7. The van der Waals surface area contributed by atoms with Crippen LogP contribution in [0, 0.1) is 18.0 Å². The summed E-state index contributed by atoms with van der Waals surface area (Å²) < 4.78 is 5.71. The molecule has 0 saturated carbocycles. The van der Waals surface area contributed by atoms with Gasteiger partial charge in [0.2, 0.25) is 17.8 Å². The first-order valence-corrected chi connectivity index (χ1v) is 17.2. The monoisotopic (exact) mass is 680 g/mol. The van der Waals surface area contributed by atoms with E-state index in [1.807, 2.05) is 12.2 Å². The average molecular weight is 681 g/mol. The molecule has 11 heteroatoms. The van der Waals surface area contributed by atoms with Crippen molar-refractivity contribution >= 4 is 17.8 Å². The van der Waals surface area contributed by atoms with Crippen molar-refractivity contribution in [2.75, 3.05) is 26.4 Å². The van der Waals surface area contributed by atoms with Crippen LogP contribution in [0.2, 0.25) is 0 Å². The van der Waals surface area contributed by atoms with Crippen LogP contribution in [0.15, 0.2) is 85.3 Å². The molecule has 1 aromatic heterocycles. The number of allylic oxidation sites excluding steroid dienone is 12. The highest BCUT2D eigenvalue weighted by Gasteiger charge is 2.25. The average Bonchev–Trinajstić information content (AvgIpc) is 3.10. The maximum absolute atomic E-state index is 12.7. The predicted octanol–water partition coefficient (Wildman–Crippen LogP) is 5.03. The first-order chi connectivity index (χ1) is 23.8. The second-order valence-corrected chi connectivity index (χ2v) is 11.4. The van der Waals surface area contributed by atoms with Crippen LogP contribution in [0.25, 0.3) is 0 Å². The van der Waals surface area contributed by atoms with Crippen LogP contribution in [0.3, 0.4) is 0 Å². The van der Waals surface area contributed by atoms with Crippen molar-refractivity contribution in [3.8, 4) is 0 Å². The Morgan fingerprint density at radius 2 is 1.43 bits per heavy atom. The Balaban J connectivity index is 2.29. The van der Waals surface area contributed by atoms with E-state index in [2.05, 4.69) is 83.3 Å². The number of hydrogen-bond acceptors (Lipinski definition) is 8. The Kier molecular flexibility index (Phi) is 24.9. The van der Waals surface area contributed by atoms with Crippen LogP contribution < -0.4 is 15.4 Å². The SMILES string of the molecule is CC/C=C\C/C=C\C/C=C\C/C=C\C/C=C\C/C=C\CCC(=O)NCCCCC(NC(=O)c1c[n+]([O-])c(C)cn1)C(=O)OCC(CO)CO. The number of ether oxygens (including phenoxy) is 1. The van der Waals surface area contributed by atoms with E-state index in [4.69, 9.17) is 4.74 Å². The highest BCUT2D eigenvalue weighted by molar-refractivity contribution is 5.94. The lowest BCUT2D eigenvalue weighted by Gasteiger charge is -2.19. The zero-order chi connectivity index (χ0) is 36.0. The number of aliphatic hydroxyl groups excluding tert-OH is 2. The number of carbonyl (C=O) groups is 3. The lowest BCUT2D eigenvalue weighted by atomic mass is 10.1. The fraction of sp³-hybridized carbons (Fsp3) is 0.500. The third kappa shape index (κ3) is 22.0. The predicted molar refractivity (Wildman–Crippen MR) is 192 cm³/mol. The Morgan fingerprint density at radius 3 is 1.96 bits per heavy atom. The molecule has 0 aromatic carbocycles. The van der Waals surface area contributed by atoms with Gasteiger partial charge in [0.05, 0.1) is 26.0 Å². The number of esters is 1. The number of nitrogens with one attached hydrogen (secondary N) is 2. The topological polar surface area (TPSA) is 165 Å². The summed E-state index contributed by atoms with van der Waals surface area (Å²) in [5.41, 5.74) is 0.159. The van der Waals surface area contributed by atoms with Crippen molar-refractivity contribution in [1.29, 1.82) is 0 Å². The molecule has 2 amide bonds. The van der Waals surface area contributed by atoms with E-state index < -0.39 is 23.8 Å². The summed E-state index contributed by atoms with van der Waals surface area (Å²) in [5, 5.41) is 35.7. The van der Waals surface area contributed by atoms with Gasteiger partial charge in [0.15, 0.2) is 5.69 Å². The van der Waals surface area contributed by atoms with Gasteiger partial charge in [-0.1, -0.05) is 79.8 Å². The molecule has 0 aliphatic carbocycles. The zero-order valence-electron chi connectivity index (χ0n) is 29.2. The van der Waals surface area contributed by atoms with E-state index in [9.17, 15) is 29.8 Å². The summed E-state index contributed by atoms with van der Waals surface area (Å²) >= 11 is 0. The van der Waals surface area contributed by atoms with Gasteiger partial charge in [-0.25, -0.2) is 9.78 Å². The van der Waals surface area contributed by atoms with Crippen LogP contribution in [0.5, 0.6) is 0 Å². The maximum Gasteiger partial charge on any atom is 0.328 e. The van der Waals surface area contributed by atoms with Crippen molar-refractivity contribution in [2.45, 2.75) is 90.5 Å². The number of amides is 2. The summed E-state index contributed by atoms with van der Waals surface area (Å²) in [6, 6.07) is -1.04. The number of unbranched alkanes of at least 4 members (excludes halogenated alkanes) is 1. The van der Waals surface area contributed by atoms with E-state index in [0.29, 0.717) is 42.7 Å². The minimum absolute atomic E-state index is 0.0702. The lowest BCUT2D eigenvalue weighted by Crippen LogP contribution is -2.44. The van der Waals surface area contributed by atoms with Gasteiger partial charge >= 0.3 is 5.97 Å². The highest BCUT2D eigenvalue weighted by atomic mass is 16.5. The normalized spacial score (nSPS) is 12.8. The van der Waals surface area contributed by atoms with Gasteiger partial charge in [-0.15, -0.1) is 0 Å². The minimum Gasteiger partial charge on any atom is -0.618 e. The molecule has 270 valence electrons. The summed E-state index contributed by atoms with van der Waals surface area (Å²) in [6.45, 7) is 3.15. The molecule has 1 aromatic rings. The zero-order valence-corrected chi connectivity index (χ0v) is 29.2. The van der Waals surface area contributed by atoms with Crippen LogP contribution in [0.4, 0.5) is 0 Å². The molecule has 0 aliphatic heterocycles. The molecular formula is C38H56N4O7. The van der Waals surface area contributed by atoms with Crippen LogP contribution in [-0.4, -0.2) is 65.4 Å². The summed E-state index contributed by atoms with van der Waals surface area (Å²) in [7, 11) is 0. The Morgan fingerprint density at radius 1 is 0.878 bits per heavy atom. The van der Waals surface area contributed by atoms with E-state index in [1.165, 1.54) is 6.20 Å². The summed E-state index contributed by atoms with van der Waals surface area (Å²) in [6.07, 6.45) is 35.9. The van der Waals surface area contributed by atoms with Gasteiger partial charge in [-0.3, -0.25) is 9.59 Å². The number of carbonyl (C=O) groups excluding carboxylic acids is 3. The van der Waals surface area contributed by atoms with Gasteiger partial charge < -0.3 is 30.8 Å². The Labute approximate surface area is 291 Å². The lowest BCUT2D eigenvalue weighted by molar-refractivity contribution is -0.613. The van der Waals surface area contributed by atoms with Crippen molar-refractivity contribution in [1.82, 2.24) is 15.6 Å². The molecule has 0 bridgehead atoms. The number of aromatic nitrogens is 2. The quantitative estimate of drug-likeness (QED) is 0.0348. The van der Waals surface area contributed by atoms with Gasteiger partial charge in [-0.05, 0) is 64.2 Å². The number of rotatable bonds is 26. The molecule has 1 unspecified atom stereocenters. The second kappa shape index (κ2) is 28.6. The molecular weight excluding hydrogens is 624 g/mol. The third-order valence-electron chi connectivity index (χ3n) is 7.15. The molecule has 0 spiro atoms. The molecule has 11 nitrogen and oxygen atoms in total. The molecule has 0 radical (unpaired) electrons. The first kappa shape index (κ1) is 42.7. The smallest absolute Gasteiger partial charge is 0.328 e. The summed E-state index contributed by atoms with van der Waals surface area (Å²) in [4.78, 5) is 41.5. The van der Waals surface area contributed by atoms with Gasteiger partial charge in [-0.2, -0.15) is 4.73 Å². The van der Waals surface area contributed by atoms with E-state index in [0.717, 1.165) is 44.7 Å². The fourth-order valence-corrected chi connectivity index (χ4v) is 4.17. The molecule has 1 heterocycles. The van der Waals surface area contributed by atoms with Crippen molar-refractivity contribution in [2.24, 2.45) is 5.92 Å². The van der Waals surface area contributed by atoms with Gasteiger partial charge in [0.1, 0.15) is 6.04 Å². The minimum atomic E-state index is -1.04. The first-order valence-electron chi connectivity index (χ1n) is 17.2. The number of hydrogen-bond donors (Lipinski definition) is 4. The molecule has 4 N–H and O–H groups in total. The van der Waals surface area contributed by atoms with Gasteiger partial charge in [0, 0.05) is 25.8 Å². The standard InChI is InChI=1S/C38H56N4O7/c1-3-4-5-6-7-8-9-10-11-12-13-14-15-16-17-18-19-20-21-25-36(45)39-26-23-22-24-34(38(47)49-31-33(29-43)30-44)41-37(46)35-28-42(48)32(2)27-40-35/h4-5,7-8,10-11,13-14,16-17,19-20,27-28,33-34,43-44H,3,6,9,12,15,18,21-26,29-31H2,1-2H3,(H,39,45)(H,41,46)/b5-4-,8-7-,11-10-,14-13-,17-16-,20-19-. The number of aliphatic hydroxyl groups is 2. The second-order valence-electron chi connectivity index (χ2n) is 11.4. The Hall–Kier alpha value is -4.35. The van der Waals surface area contributed by atoms with Crippen molar-refractivity contribution < 1.29 is 34.1 Å². The fourth-order valence-electron chi connectivity index (χ4n) is 4.17. The van der Waals surface area contributed by atoms with Crippen molar-refractivity contribution in [3.05, 3.63) is 102 Å². The molecule has 1 rings (SSSR count). The highest BCUT2D eigenvalue weighted by Crippen LogP contribution is 2.07. The van der Waals surface area contributed by atoms with Gasteiger partial charge in [0.25, 0.3) is 5.91 Å². The molecule has 0 saturated heterocycles. The van der Waals surface area contributed by atoms with Crippen molar-refractivity contribution in [3.63, 3.8) is 0 Å². The summed E-state index contributed by atoms with van der Waals surface area (Å²) in [5.74, 6) is -2.15. The van der Waals surface area contributed by atoms with Crippen LogP contribution in [-0.2, 0) is 14.3 Å². The third-order valence-corrected chi connectivity index (χ3v) is 7.15. The molecule has 1 atom stereocenters. The molecule has 0 aliphatic rings. The Bertz CT molecular complexity index is 1270. The van der Waals surface area contributed by atoms with Crippen LogP contribution >= 0.6 is 0 Å². The number of aryl methyl sites for hydroxylation is 1. The van der Waals surface area contributed by atoms with E-state index in [1.54, 1.807) is 6.92 Å². The molecule has 0 fully saturated rings. The van der Waals surface area contributed by atoms with E-state index in [-0.39, 0.29) is 37.8 Å². The number of nitrogens with zero attached hydrogens (tertiary/aromatic N) is 2.